The lowest BCUT2D eigenvalue weighted by Crippen LogP contribution is -2.46. The predicted molar refractivity (Wildman–Crippen MR) is 118 cm³/mol. The van der Waals surface area contributed by atoms with Gasteiger partial charge in [-0.05, 0) is 49.4 Å². The van der Waals surface area contributed by atoms with Crippen LogP contribution in [0, 0.1) is 0 Å². The Morgan fingerprint density at radius 1 is 1.36 bits per heavy atom. The molecule has 1 aromatic rings. The molecule has 2 N–H and O–H groups in total. The second kappa shape index (κ2) is 10.7. The number of halogens is 1. The standard InChI is InChI=1S/C18H31N5S.HI/c1-3-23-9-4-5-16(23)13-21-18(19-2)20-8-11-22-10-6-17-15(14-22)7-12-24-17;/h7,12,16H,3-6,8-11,13-14H2,1-2H3,(H2,19,20,21);1H. The Morgan fingerprint density at radius 3 is 3.04 bits per heavy atom. The van der Waals surface area contributed by atoms with Crippen molar-refractivity contribution in [1.82, 2.24) is 20.4 Å². The van der Waals surface area contributed by atoms with Crippen molar-refractivity contribution in [1.29, 1.82) is 0 Å². The quantitative estimate of drug-likeness (QED) is 0.375. The average Bonchev–Trinajstić information content (AvgIpc) is 3.25. The molecule has 0 saturated carbocycles. The van der Waals surface area contributed by atoms with E-state index < -0.39 is 0 Å². The van der Waals surface area contributed by atoms with Crippen LogP contribution in [0.2, 0.25) is 0 Å². The fourth-order valence-corrected chi connectivity index (χ4v) is 4.70. The maximum absolute atomic E-state index is 4.37. The number of guanidine groups is 1. The van der Waals surface area contributed by atoms with Gasteiger partial charge in [-0.15, -0.1) is 35.3 Å². The fourth-order valence-electron chi connectivity index (χ4n) is 3.81. The molecule has 3 rings (SSSR count). The van der Waals surface area contributed by atoms with Crippen LogP contribution >= 0.6 is 35.3 Å². The zero-order valence-electron chi connectivity index (χ0n) is 15.5. The van der Waals surface area contributed by atoms with Gasteiger partial charge >= 0.3 is 0 Å². The highest BCUT2D eigenvalue weighted by molar-refractivity contribution is 14.0. The average molecular weight is 477 g/mol. The molecule has 25 heavy (non-hydrogen) atoms. The largest absolute Gasteiger partial charge is 0.355 e. The molecule has 2 aliphatic heterocycles. The molecule has 7 heteroatoms. The summed E-state index contributed by atoms with van der Waals surface area (Å²) in [7, 11) is 1.86. The van der Waals surface area contributed by atoms with E-state index in [9.17, 15) is 0 Å². The van der Waals surface area contributed by atoms with E-state index in [2.05, 4.69) is 43.8 Å². The van der Waals surface area contributed by atoms with Crippen molar-refractivity contribution in [2.75, 3.05) is 46.3 Å². The summed E-state index contributed by atoms with van der Waals surface area (Å²) in [5.74, 6) is 0.936. The first-order chi connectivity index (χ1) is 11.8. The lowest BCUT2D eigenvalue weighted by Gasteiger charge is -2.27. The number of likely N-dealkylation sites (tertiary alicyclic amines) is 1. The molecule has 0 aromatic carbocycles. The van der Waals surface area contributed by atoms with Gasteiger partial charge in [0.15, 0.2) is 5.96 Å². The summed E-state index contributed by atoms with van der Waals surface area (Å²) in [6.07, 6.45) is 3.83. The van der Waals surface area contributed by atoms with E-state index in [1.165, 1.54) is 37.9 Å². The Hall–Kier alpha value is -0.380. The van der Waals surface area contributed by atoms with Gasteiger partial charge < -0.3 is 10.6 Å². The van der Waals surface area contributed by atoms with Crippen molar-refractivity contribution in [3.8, 4) is 0 Å². The van der Waals surface area contributed by atoms with Crippen molar-refractivity contribution in [3.05, 3.63) is 21.9 Å². The third-order valence-electron chi connectivity index (χ3n) is 5.24. The van der Waals surface area contributed by atoms with Crippen LogP contribution in [-0.4, -0.2) is 68.1 Å². The van der Waals surface area contributed by atoms with Crippen LogP contribution in [0.5, 0.6) is 0 Å². The summed E-state index contributed by atoms with van der Waals surface area (Å²) in [5, 5.41) is 9.20. The first kappa shape index (κ1) is 20.9. The molecule has 0 spiro atoms. The molecule has 142 valence electrons. The van der Waals surface area contributed by atoms with Crippen LogP contribution in [0.25, 0.3) is 0 Å². The molecular formula is C18H32IN5S. The van der Waals surface area contributed by atoms with Crippen molar-refractivity contribution >= 4 is 41.3 Å². The number of nitrogens with one attached hydrogen (secondary N) is 2. The molecule has 5 nitrogen and oxygen atoms in total. The van der Waals surface area contributed by atoms with Crippen LogP contribution in [0.4, 0.5) is 0 Å². The molecule has 2 aliphatic rings. The van der Waals surface area contributed by atoms with Gasteiger partial charge in [-0.3, -0.25) is 14.8 Å². The Balaban J connectivity index is 0.00000225. The number of thiophene rings is 1. The van der Waals surface area contributed by atoms with Crippen molar-refractivity contribution in [2.45, 2.75) is 38.8 Å². The first-order valence-electron chi connectivity index (χ1n) is 9.26. The van der Waals surface area contributed by atoms with Gasteiger partial charge in [0.2, 0.25) is 0 Å². The maximum atomic E-state index is 4.37. The Labute approximate surface area is 173 Å². The fraction of sp³-hybridized carbons (Fsp3) is 0.722. The van der Waals surface area contributed by atoms with E-state index in [-0.39, 0.29) is 24.0 Å². The molecule has 1 atom stereocenters. The molecule has 0 radical (unpaired) electrons. The molecule has 1 saturated heterocycles. The summed E-state index contributed by atoms with van der Waals surface area (Å²) >= 11 is 1.90. The maximum Gasteiger partial charge on any atom is 0.191 e. The number of fused-ring (bicyclic) bond motifs is 1. The van der Waals surface area contributed by atoms with Gasteiger partial charge in [0.05, 0.1) is 0 Å². The van der Waals surface area contributed by atoms with Crippen LogP contribution in [0.1, 0.15) is 30.2 Å². The van der Waals surface area contributed by atoms with E-state index in [0.29, 0.717) is 6.04 Å². The minimum Gasteiger partial charge on any atom is -0.355 e. The third kappa shape index (κ3) is 5.80. The number of rotatable bonds is 6. The topological polar surface area (TPSA) is 42.9 Å². The highest BCUT2D eigenvalue weighted by atomic mass is 127. The summed E-state index contributed by atoms with van der Waals surface area (Å²) < 4.78 is 0. The van der Waals surface area contributed by atoms with Crippen molar-refractivity contribution in [2.24, 2.45) is 4.99 Å². The third-order valence-corrected chi connectivity index (χ3v) is 6.26. The van der Waals surface area contributed by atoms with Gasteiger partial charge in [-0.2, -0.15) is 0 Å². The Kier molecular flexibility index (Phi) is 8.95. The van der Waals surface area contributed by atoms with E-state index >= 15 is 0 Å². The minimum absolute atomic E-state index is 0. The summed E-state index contributed by atoms with van der Waals surface area (Å²) in [6, 6.07) is 2.94. The van der Waals surface area contributed by atoms with E-state index in [1.807, 2.05) is 18.4 Å². The van der Waals surface area contributed by atoms with E-state index in [1.54, 1.807) is 4.88 Å². The number of aliphatic imine (C=N–C) groups is 1. The molecule has 3 heterocycles. The SMILES string of the molecule is CCN1CCCC1CNC(=NC)NCCN1CCc2sccc2C1.I. The van der Waals surface area contributed by atoms with Crippen LogP contribution in [-0.2, 0) is 13.0 Å². The zero-order chi connectivity index (χ0) is 16.8. The van der Waals surface area contributed by atoms with Crippen LogP contribution < -0.4 is 10.6 Å². The highest BCUT2D eigenvalue weighted by Crippen LogP contribution is 2.23. The van der Waals surface area contributed by atoms with Gasteiger partial charge in [0, 0.05) is 50.7 Å². The van der Waals surface area contributed by atoms with E-state index in [4.69, 9.17) is 0 Å². The predicted octanol–water partition coefficient (Wildman–Crippen LogP) is 2.37. The number of likely N-dealkylation sites (N-methyl/N-ethyl adjacent to an activating group) is 1. The minimum atomic E-state index is 0. The molecule has 1 aromatic heterocycles. The Morgan fingerprint density at radius 2 is 2.24 bits per heavy atom. The summed E-state index contributed by atoms with van der Waals surface area (Å²) in [5.41, 5.74) is 1.52. The molecule has 0 amide bonds. The lowest BCUT2D eigenvalue weighted by molar-refractivity contribution is 0.258. The van der Waals surface area contributed by atoms with Gasteiger partial charge in [-0.25, -0.2) is 0 Å². The van der Waals surface area contributed by atoms with Gasteiger partial charge in [-0.1, -0.05) is 6.92 Å². The van der Waals surface area contributed by atoms with Gasteiger partial charge in [0.25, 0.3) is 0 Å². The lowest BCUT2D eigenvalue weighted by atomic mass is 10.1. The van der Waals surface area contributed by atoms with Crippen LogP contribution in [0.15, 0.2) is 16.4 Å². The molecule has 1 fully saturated rings. The number of hydrogen-bond acceptors (Lipinski definition) is 4. The van der Waals surface area contributed by atoms with Crippen molar-refractivity contribution in [3.63, 3.8) is 0 Å². The number of hydrogen-bond donors (Lipinski definition) is 2. The van der Waals surface area contributed by atoms with Crippen molar-refractivity contribution < 1.29 is 0 Å². The van der Waals surface area contributed by atoms with Crippen LogP contribution in [0.3, 0.4) is 0 Å². The van der Waals surface area contributed by atoms with Gasteiger partial charge in [0.1, 0.15) is 0 Å². The van der Waals surface area contributed by atoms with E-state index in [0.717, 1.165) is 38.7 Å². The zero-order valence-corrected chi connectivity index (χ0v) is 18.6. The normalized spacial score (nSPS) is 21.7. The second-order valence-corrected chi connectivity index (χ2v) is 7.70. The monoisotopic (exact) mass is 477 g/mol. The molecule has 1 unspecified atom stereocenters. The summed E-state index contributed by atoms with van der Waals surface area (Å²) in [6.45, 7) is 9.93. The second-order valence-electron chi connectivity index (χ2n) is 6.70. The first-order valence-corrected chi connectivity index (χ1v) is 10.1. The Bertz CT molecular complexity index is 547. The highest BCUT2D eigenvalue weighted by Gasteiger charge is 2.22. The summed E-state index contributed by atoms with van der Waals surface area (Å²) in [4.78, 5) is 11.0. The smallest absolute Gasteiger partial charge is 0.191 e. The molecule has 0 aliphatic carbocycles. The molecule has 0 bridgehead atoms. The number of nitrogens with zero attached hydrogens (tertiary/aromatic N) is 3. The molecular weight excluding hydrogens is 445 g/mol.